The fourth-order valence-corrected chi connectivity index (χ4v) is 2.76. The molecule has 0 aliphatic carbocycles. The molecule has 2 aromatic rings. The van der Waals surface area contributed by atoms with Crippen LogP contribution in [0.5, 0.6) is 0 Å². The van der Waals surface area contributed by atoms with Gasteiger partial charge >= 0.3 is 0 Å². The van der Waals surface area contributed by atoms with Gasteiger partial charge in [-0.3, -0.25) is 0 Å². The van der Waals surface area contributed by atoms with Gasteiger partial charge in [0.1, 0.15) is 16.0 Å². The summed E-state index contributed by atoms with van der Waals surface area (Å²) >= 11 is 13.7. The maximum absolute atomic E-state index is 6.15. The fourth-order valence-electron chi connectivity index (χ4n) is 1.42. The highest BCUT2D eigenvalue weighted by atomic mass is 35.5. The van der Waals surface area contributed by atoms with Gasteiger partial charge in [0.15, 0.2) is 0 Å². The first kappa shape index (κ1) is 14.6. The summed E-state index contributed by atoms with van der Waals surface area (Å²) in [6.07, 6.45) is 0. The Morgan fingerprint density at radius 2 is 1.74 bits per heavy atom. The van der Waals surface area contributed by atoms with Crippen molar-refractivity contribution in [1.29, 1.82) is 0 Å². The molecule has 0 saturated carbocycles. The minimum atomic E-state index is -0.138. The van der Waals surface area contributed by atoms with Crippen LogP contribution in [0, 0.1) is 0 Å². The smallest absolute Gasteiger partial charge is 0.136 e. The lowest BCUT2D eigenvalue weighted by molar-refractivity contribution is 0.538. The Balaban J connectivity index is 2.36. The van der Waals surface area contributed by atoms with Crippen molar-refractivity contribution in [3.63, 3.8) is 0 Å². The van der Waals surface area contributed by atoms with E-state index >= 15 is 0 Å². The Bertz CT molecular complexity index is 594. The van der Waals surface area contributed by atoms with Gasteiger partial charge in [0, 0.05) is 16.4 Å². The lowest BCUT2D eigenvalue weighted by Gasteiger charge is -2.17. The number of hydrogen-bond acceptors (Lipinski definition) is 3. The molecule has 0 N–H and O–H groups in total. The standard InChI is InChI=1S/C14H14Cl2N2S/c1-14(2,3)13-17-11(16)8-12(18-13)19-10-7-5-4-6-9(10)15/h4-8H,1-3H3. The van der Waals surface area contributed by atoms with Crippen LogP contribution in [0.15, 0.2) is 40.3 Å². The van der Waals surface area contributed by atoms with E-state index in [1.54, 1.807) is 6.07 Å². The van der Waals surface area contributed by atoms with Gasteiger partial charge in [-0.25, -0.2) is 9.97 Å². The first-order valence-corrected chi connectivity index (χ1v) is 7.41. The molecule has 0 radical (unpaired) electrons. The van der Waals surface area contributed by atoms with Gasteiger partial charge in [0.05, 0.1) is 5.02 Å². The third kappa shape index (κ3) is 3.85. The molecule has 0 amide bonds. The van der Waals surface area contributed by atoms with Crippen molar-refractivity contribution in [1.82, 2.24) is 9.97 Å². The molecule has 0 atom stereocenters. The summed E-state index contributed by atoms with van der Waals surface area (Å²) in [5.41, 5.74) is -0.138. The molecule has 100 valence electrons. The maximum Gasteiger partial charge on any atom is 0.136 e. The van der Waals surface area contributed by atoms with Gasteiger partial charge in [-0.05, 0) is 12.1 Å². The van der Waals surface area contributed by atoms with Crippen molar-refractivity contribution in [2.45, 2.75) is 36.1 Å². The van der Waals surface area contributed by atoms with Crippen LogP contribution < -0.4 is 0 Å². The van der Waals surface area contributed by atoms with Crippen LogP contribution >= 0.6 is 35.0 Å². The minimum Gasteiger partial charge on any atom is -0.226 e. The molecule has 0 spiro atoms. The Morgan fingerprint density at radius 1 is 1.05 bits per heavy atom. The van der Waals surface area contributed by atoms with Gasteiger partial charge in [-0.15, -0.1) is 0 Å². The third-order valence-electron chi connectivity index (χ3n) is 2.39. The summed E-state index contributed by atoms with van der Waals surface area (Å²) in [6, 6.07) is 9.42. The van der Waals surface area contributed by atoms with E-state index < -0.39 is 0 Å². The van der Waals surface area contributed by atoms with Crippen LogP contribution in [-0.4, -0.2) is 9.97 Å². The molecule has 2 nitrogen and oxygen atoms in total. The highest BCUT2D eigenvalue weighted by molar-refractivity contribution is 7.99. The van der Waals surface area contributed by atoms with E-state index in [1.165, 1.54) is 11.8 Å². The lowest BCUT2D eigenvalue weighted by Crippen LogP contribution is -2.16. The van der Waals surface area contributed by atoms with Crippen LogP contribution in [-0.2, 0) is 5.41 Å². The monoisotopic (exact) mass is 312 g/mol. The molecule has 0 bridgehead atoms. The zero-order valence-corrected chi connectivity index (χ0v) is 13.3. The minimum absolute atomic E-state index is 0.138. The van der Waals surface area contributed by atoms with Crippen molar-refractivity contribution in [3.8, 4) is 0 Å². The summed E-state index contributed by atoms with van der Waals surface area (Å²) in [6.45, 7) is 6.17. The Hall–Kier alpha value is -0.770. The number of halogens is 2. The zero-order chi connectivity index (χ0) is 14.0. The number of benzene rings is 1. The summed E-state index contributed by atoms with van der Waals surface area (Å²) in [5, 5.41) is 1.96. The second-order valence-electron chi connectivity index (χ2n) is 5.13. The van der Waals surface area contributed by atoms with E-state index in [1.807, 2.05) is 24.3 Å². The average molecular weight is 313 g/mol. The third-order valence-corrected chi connectivity index (χ3v) is 4.02. The van der Waals surface area contributed by atoms with Crippen molar-refractivity contribution in [3.05, 3.63) is 46.3 Å². The molecule has 1 aromatic heterocycles. The van der Waals surface area contributed by atoms with Crippen LogP contribution in [0.3, 0.4) is 0 Å². The largest absolute Gasteiger partial charge is 0.226 e. The Morgan fingerprint density at radius 3 is 2.37 bits per heavy atom. The Kier molecular flexibility index (Phi) is 4.39. The van der Waals surface area contributed by atoms with Crippen LogP contribution in [0.1, 0.15) is 26.6 Å². The molecule has 5 heteroatoms. The number of rotatable bonds is 2. The zero-order valence-electron chi connectivity index (χ0n) is 10.9. The predicted octanol–water partition coefficient (Wildman–Crippen LogP) is 5.23. The highest BCUT2D eigenvalue weighted by Gasteiger charge is 2.19. The van der Waals surface area contributed by atoms with Gasteiger partial charge in [-0.2, -0.15) is 0 Å². The van der Waals surface area contributed by atoms with Gasteiger partial charge < -0.3 is 0 Å². The van der Waals surface area contributed by atoms with E-state index in [-0.39, 0.29) is 5.41 Å². The van der Waals surface area contributed by atoms with Crippen LogP contribution in [0.25, 0.3) is 0 Å². The average Bonchev–Trinajstić information content (AvgIpc) is 2.30. The second kappa shape index (κ2) is 5.70. The van der Waals surface area contributed by atoms with Crippen molar-refractivity contribution >= 4 is 35.0 Å². The molecule has 0 fully saturated rings. The molecule has 19 heavy (non-hydrogen) atoms. The van der Waals surface area contributed by atoms with E-state index in [0.29, 0.717) is 10.2 Å². The second-order valence-corrected chi connectivity index (χ2v) is 6.99. The van der Waals surface area contributed by atoms with Crippen molar-refractivity contribution in [2.24, 2.45) is 0 Å². The normalized spacial score (nSPS) is 11.6. The van der Waals surface area contributed by atoms with Crippen LogP contribution in [0.4, 0.5) is 0 Å². The molecule has 0 saturated heterocycles. The molecule has 1 aromatic carbocycles. The fraction of sp³-hybridized carbons (Fsp3) is 0.286. The topological polar surface area (TPSA) is 25.8 Å². The number of aromatic nitrogens is 2. The summed E-state index contributed by atoms with van der Waals surface area (Å²) in [7, 11) is 0. The number of nitrogens with zero attached hydrogens (tertiary/aromatic N) is 2. The van der Waals surface area contributed by atoms with Crippen molar-refractivity contribution < 1.29 is 0 Å². The molecule has 0 aliphatic rings. The Labute approximate surface area is 127 Å². The number of hydrogen-bond donors (Lipinski definition) is 0. The first-order valence-electron chi connectivity index (χ1n) is 5.84. The maximum atomic E-state index is 6.15. The SMILES string of the molecule is CC(C)(C)c1nc(Cl)cc(Sc2ccccc2Cl)n1. The van der Waals surface area contributed by atoms with Gasteiger partial charge in [0.25, 0.3) is 0 Å². The summed E-state index contributed by atoms with van der Waals surface area (Å²) < 4.78 is 0. The molecule has 0 unspecified atom stereocenters. The van der Waals surface area contributed by atoms with Gasteiger partial charge in [0.2, 0.25) is 0 Å². The highest BCUT2D eigenvalue weighted by Crippen LogP contribution is 2.33. The molecule has 0 aliphatic heterocycles. The first-order chi connectivity index (χ1) is 8.86. The molecular formula is C14H14Cl2N2S. The summed E-state index contributed by atoms with van der Waals surface area (Å²) in [5.74, 6) is 0.731. The van der Waals surface area contributed by atoms with Crippen LogP contribution in [0.2, 0.25) is 10.2 Å². The van der Waals surface area contributed by atoms with E-state index in [0.717, 1.165) is 15.7 Å². The molecular weight excluding hydrogens is 299 g/mol. The quantitative estimate of drug-likeness (QED) is 0.710. The van der Waals surface area contributed by atoms with E-state index in [4.69, 9.17) is 23.2 Å². The van der Waals surface area contributed by atoms with Gasteiger partial charge in [-0.1, -0.05) is 67.9 Å². The molecule has 1 heterocycles. The summed E-state index contributed by atoms with van der Waals surface area (Å²) in [4.78, 5) is 9.78. The predicted molar refractivity (Wildman–Crippen MR) is 81.3 cm³/mol. The van der Waals surface area contributed by atoms with Crippen molar-refractivity contribution in [2.75, 3.05) is 0 Å². The molecule has 2 rings (SSSR count). The van der Waals surface area contributed by atoms with E-state index in [2.05, 4.69) is 30.7 Å². The van der Waals surface area contributed by atoms with E-state index in [9.17, 15) is 0 Å². The lowest BCUT2D eigenvalue weighted by atomic mass is 9.96.